The maximum Gasteiger partial charge on any atom is 0.129 e. The number of nitrogens with one attached hydrogen (secondary N) is 1. The largest absolute Gasteiger partial charge is 0.310 e. The summed E-state index contributed by atoms with van der Waals surface area (Å²) < 4.78 is 15.1. The fourth-order valence-electron chi connectivity index (χ4n) is 3.60. The molecule has 0 saturated heterocycles. The van der Waals surface area contributed by atoms with E-state index in [1.54, 1.807) is 6.07 Å². The molecule has 0 amide bonds. The second-order valence-corrected chi connectivity index (χ2v) is 7.93. The summed E-state index contributed by atoms with van der Waals surface area (Å²) in [6, 6.07) is 3.28. The molecule has 4 heteroatoms. The Bertz CT molecular complexity index is 504. The van der Waals surface area contributed by atoms with Gasteiger partial charge in [0.2, 0.25) is 0 Å². The van der Waals surface area contributed by atoms with Gasteiger partial charge in [-0.05, 0) is 58.8 Å². The number of hydrogen-bond donors (Lipinski definition) is 1. The monoisotopic (exact) mass is 375 g/mol. The number of hydrogen-bond acceptors (Lipinski definition) is 1. The van der Waals surface area contributed by atoms with Crippen LogP contribution in [0.3, 0.4) is 0 Å². The molecule has 1 N–H and O–H groups in total. The molecule has 1 aromatic rings. The van der Waals surface area contributed by atoms with Gasteiger partial charge in [0.05, 0.1) is 5.02 Å². The third-order valence-corrected chi connectivity index (χ3v) is 5.99. The average Bonchev–Trinajstić information content (AvgIpc) is 2.41. The number of halogens is 3. The molecule has 1 aliphatic carbocycles. The zero-order valence-electron chi connectivity index (χ0n) is 13.0. The Morgan fingerprint density at radius 1 is 1.43 bits per heavy atom. The van der Waals surface area contributed by atoms with Crippen LogP contribution in [0, 0.1) is 17.2 Å². The minimum Gasteiger partial charge on any atom is -0.310 e. The summed E-state index contributed by atoms with van der Waals surface area (Å²) in [7, 11) is 0. The molecule has 0 aromatic heterocycles. The van der Waals surface area contributed by atoms with Gasteiger partial charge in [-0.1, -0.05) is 45.2 Å². The molecule has 21 heavy (non-hydrogen) atoms. The van der Waals surface area contributed by atoms with Crippen molar-refractivity contribution in [2.24, 2.45) is 11.3 Å². The van der Waals surface area contributed by atoms with E-state index in [4.69, 9.17) is 11.6 Å². The first-order valence-corrected chi connectivity index (χ1v) is 8.91. The summed E-state index contributed by atoms with van der Waals surface area (Å²) in [4.78, 5) is 0. The molecule has 2 rings (SSSR count). The second kappa shape index (κ2) is 6.97. The van der Waals surface area contributed by atoms with Crippen molar-refractivity contribution in [2.45, 2.75) is 52.5 Å². The first-order valence-electron chi connectivity index (χ1n) is 7.74. The Morgan fingerprint density at radius 2 is 2.14 bits per heavy atom. The Labute approximate surface area is 140 Å². The first-order chi connectivity index (χ1) is 9.86. The van der Waals surface area contributed by atoms with Crippen molar-refractivity contribution in [3.63, 3.8) is 0 Å². The highest BCUT2D eigenvalue weighted by molar-refractivity contribution is 9.10. The zero-order chi connectivity index (χ0) is 15.6. The normalized spacial score (nSPS) is 23.0. The van der Waals surface area contributed by atoms with Crippen molar-refractivity contribution in [1.29, 1.82) is 0 Å². The molecule has 0 bridgehead atoms. The zero-order valence-corrected chi connectivity index (χ0v) is 15.3. The molecule has 1 aliphatic rings. The molecular weight excluding hydrogens is 353 g/mol. The lowest BCUT2D eigenvalue weighted by atomic mass is 9.64. The van der Waals surface area contributed by atoms with Gasteiger partial charge >= 0.3 is 0 Å². The molecule has 0 heterocycles. The predicted octanol–water partition coefficient (Wildman–Crippen LogP) is 6.11. The average molecular weight is 377 g/mol. The van der Waals surface area contributed by atoms with Crippen LogP contribution in [0.2, 0.25) is 5.02 Å². The third-order valence-electron chi connectivity index (χ3n) is 4.79. The molecule has 2 atom stereocenters. The van der Waals surface area contributed by atoms with Crippen molar-refractivity contribution in [2.75, 3.05) is 6.54 Å². The molecular formula is C17H24BrClFN. The summed E-state index contributed by atoms with van der Waals surface area (Å²) in [6.45, 7) is 7.50. The standard InChI is InChI=1S/C17H24BrClFN/c1-4-21-16(12-7-5-6-8-17(12,2)3)11-9-14(19)13(18)10-15(11)20/h9-10,12,16,21H,4-8H2,1-3H3. The fraction of sp³-hybridized carbons (Fsp3) is 0.647. The molecule has 118 valence electrons. The van der Waals surface area contributed by atoms with Crippen LogP contribution in [0.5, 0.6) is 0 Å². The van der Waals surface area contributed by atoms with Crippen molar-refractivity contribution < 1.29 is 4.39 Å². The molecule has 1 aromatic carbocycles. The van der Waals surface area contributed by atoms with E-state index in [9.17, 15) is 4.39 Å². The van der Waals surface area contributed by atoms with Gasteiger partial charge in [-0.25, -0.2) is 4.39 Å². The SMILES string of the molecule is CCNC(c1cc(Cl)c(Br)cc1F)C1CCCCC1(C)C. The second-order valence-electron chi connectivity index (χ2n) is 6.66. The highest BCUT2D eigenvalue weighted by atomic mass is 79.9. The predicted molar refractivity (Wildman–Crippen MR) is 91.3 cm³/mol. The van der Waals surface area contributed by atoms with Gasteiger partial charge in [0.1, 0.15) is 5.82 Å². The Hall–Kier alpha value is -0.120. The smallest absolute Gasteiger partial charge is 0.129 e. The van der Waals surface area contributed by atoms with Crippen LogP contribution in [0.4, 0.5) is 4.39 Å². The molecule has 1 saturated carbocycles. The van der Waals surface area contributed by atoms with Crippen molar-refractivity contribution >= 4 is 27.5 Å². The van der Waals surface area contributed by atoms with Gasteiger partial charge in [0, 0.05) is 16.1 Å². The minimum absolute atomic E-state index is 0.0240. The van der Waals surface area contributed by atoms with Crippen LogP contribution < -0.4 is 5.32 Å². The number of benzene rings is 1. The van der Waals surface area contributed by atoms with Crippen LogP contribution in [0.1, 0.15) is 58.1 Å². The molecule has 1 fully saturated rings. The summed E-state index contributed by atoms with van der Waals surface area (Å²) in [5.74, 6) is 0.247. The topological polar surface area (TPSA) is 12.0 Å². The maximum absolute atomic E-state index is 14.5. The molecule has 0 radical (unpaired) electrons. The summed E-state index contributed by atoms with van der Waals surface area (Å²) in [5.41, 5.74) is 0.918. The van der Waals surface area contributed by atoms with Crippen molar-refractivity contribution in [1.82, 2.24) is 5.32 Å². The first kappa shape index (κ1) is 17.2. The van der Waals surface area contributed by atoms with Gasteiger partial charge in [0.25, 0.3) is 0 Å². The van der Waals surface area contributed by atoms with E-state index in [1.165, 1.54) is 25.3 Å². The van der Waals surface area contributed by atoms with E-state index in [1.807, 2.05) is 0 Å². The van der Waals surface area contributed by atoms with Crippen molar-refractivity contribution in [3.8, 4) is 0 Å². The van der Waals surface area contributed by atoms with Gasteiger partial charge in [-0.2, -0.15) is 0 Å². The van der Waals surface area contributed by atoms with Crippen LogP contribution in [-0.4, -0.2) is 6.54 Å². The summed E-state index contributed by atoms with van der Waals surface area (Å²) in [5, 5.41) is 4.07. The molecule has 1 nitrogen and oxygen atoms in total. The molecule has 0 spiro atoms. The molecule has 0 aliphatic heterocycles. The highest BCUT2D eigenvalue weighted by Gasteiger charge is 2.38. The van der Waals surface area contributed by atoms with E-state index in [0.29, 0.717) is 21.0 Å². The summed E-state index contributed by atoms with van der Waals surface area (Å²) >= 11 is 9.49. The minimum atomic E-state index is -0.182. The van der Waals surface area contributed by atoms with Crippen LogP contribution in [-0.2, 0) is 0 Å². The fourth-order valence-corrected chi connectivity index (χ4v) is 4.09. The van der Waals surface area contributed by atoms with Crippen LogP contribution >= 0.6 is 27.5 Å². The van der Waals surface area contributed by atoms with Crippen molar-refractivity contribution in [3.05, 3.63) is 33.0 Å². The van der Waals surface area contributed by atoms with E-state index >= 15 is 0 Å². The Morgan fingerprint density at radius 3 is 2.76 bits per heavy atom. The van der Waals surface area contributed by atoms with Crippen LogP contribution in [0.25, 0.3) is 0 Å². The van der Waals surface area contributed by atoms with E-state index in [2.05, 4.69) is 42.0 Å². The lowest BCUT2D eigenvalue weighted by Gasteiger charge is -2.44. The Balaban J connectivity index is 2.41. The van der Waals surface area contributed by atoms with E-state index in [0.717, 1.165) is 13.0 Å². The lowest BCUT2D eigenvalue weighted by molar-refractivity contribution is 0.0974. The maximum atomic E-state index is 14.5. The summed E-state index contributed by atoms with van der Waals surface area (Å²) in [6.07, 6.45) is 4.83. The number of rotatable bonds is 4. The lowest BCUT2D eigenvalue weighted by Crippen LogP contribution is -2.39. The van der Waals surface area contributed by atoms with E-state index in [-0.39, 0.29) is 17.3 Å². The van der Waals surface area contributed by atoms with Gasteiger partial charge in [-0.15, -0.1) is 0 Å². The highest BCUT2D eigenvalue weighted by Crippen LogP contribution is 2.47. The quantitative estimate of drug-likeness (QED) is 0.625. The third kappa shape index (κ3) is 3.80. The van der Waals surface area contributed by atoms with E-state index < -0.39 is 0 Å². The van der Waals surface area contributed by atoms with Gasteiger partial charge < -0.3 is 5.32 Å². The van der Waals surface area contributed by atoms with Gasteiger partial charge in [0.15, 0.2) is 0 Å². The van der Waals surface area contributed by atoms with Gasteiger partial charge in [-0.3, -0.25) is 0 Å². The Kier molecular flexibility index (Phi) is 5.72. The molecule has 2 unspecified atom stereocenters. The van der Waals surface area contributed by atoms with Crippen LogP contribution in [0.15, 0.2) is 16.6 Å².